The van der Waals surface area contributed by atoms with Gasteiger partial charge in [-0.2, -0.15) is 0 Å². The molecule has 16 heavy (non-hydrogen) atoms. The third-order valence-electron chi connectivity index (χ3n) is 2.44. The molecule has 0 aliphatic carbocycles. The summed E-state index contributed by atoms with van der Waals surface area (Å²) >= 11 is 0. The molecule has 0 spiro atoms. The number of nitrogens with two attached hydrogens (primary N) is 1. The van der Waals surface area contributed by atoms with Crippen LogP contribution in [0.1, 0.15) is 23.6 Å². The summed E-state index contributed by atoms with van der Waals surface area (Å²) < 4.78 is 0. The number of hydrogen-bond acceptors (Lipinski definition) is 2. The summed E-state index contributed by atoms with van der Waals surface area (Å²) in [5.41, 5.74) is 8.93. The lowest BCUT2D eigenvalue weighted by Crippen LogP contribution is -2.05. The molecule has 0 bridgehead atoms. The largest absolute Gasteiger partial charge is 0.478 e. The highest BCUT2D eigenvalue weighted by molar-refractivity contribution is 5.85. The van der Waals surface area contributed by atoms with Crippen molar-refractivity contribution in [2.24, 2.45) is 5.73 Å². The van der Waals surface area contributed by atoms with E-state index in [-0.39, 0.29) is 0 Å². The van der Waals surface area contributed by atoms with Crippen molar-refractivity contribution >= 4 is 12.0 Å². The van der Waals surface area contributed by atoms with Crippen molar-refractivity contribution in [3.8, 4) is 0 Å². The summed E-state index contributed by atoms with van der Waals surface area (Å²) in [5, 5.41) is 8.54. The molecule has 0 radical (unpaired) electrons. The van der Waals surface area contributed by atoms with Crippen LogP contribution >= 0.6 is 0 Å². The van der Waals surface area contributed by atoms with Gasteiger partial charge in [0.25, 0.3) is 0 Å². The van der Waals surface area contributed by atoms with Crippen LogP contribution in [0, 0.1) is 0 Å². The van der Waals surface area contributed by atoms with Gasteiger partial charge in [-0.05, 0) is 42.2 Å². The molecular formula is C13H17NO2. The molecule has 0 heterocycles. The molecule has 1 aromatic rings. The summed E-state index contributed by atoms with van der Waals surface area (Å²) in [5.74, 6) is -0.931. The molecule has 0 unspecified atom stereocenters. The third kappa shape index (κ3) is 3.51. The van der Waals surface area contributed by atoms with Crippen molar-refractivity contribution in [1.29, 1.82) is 0 Å². The first-order chi connectivity index (χ1) is 7.67. The van der Waals surface area contributed by atoms with Gasteiger partial charge in [-0.1, -0.05) is 25.1 Å². The first-order valence-corrected chi connectivity index (χ1v) is 5.40. The molecule has 0 amide bonds. The minimum atomic E-state index is -0.931. The molecule has 0 saturated heterocycles. The van der Waals surface area contributed by atoms with Gasteiger partial charge in [0, 0.05) is 6.08 Å². The van der Waals surface area contributed by atoms with Gasteiger partial charge in [0.15, 0.2) is 0 Å². The van der Waals surface area contributed by atoms with Gasteiger partial charge < -0.3 is 10.8 Å². The third-order valence-corrected chi connectivity index (χ3v) is 2.44. The van der Waals surface area contributed by atoms with E-state index in [1.165, 1.54) is 11.1 Å². The Bertz CT molecular complexity index is 397. The number of carbonyl (C=O) groups is 1. The van der Waals surface area contributed by atoms with Gasteiger partial charge in [0.2, 0.25) is 0 Å². The minimum Gasteiger partial charge on any atom is -0.478 e. The fourth-order valence-corrected chi connectivity index (χ4v) is 1.65. The number of aryl methyl sites for hydroxylation is 1. The number of carboxylic acid groups (broad SMARTS) is 1. The fourth-order valence-electron chi connectivity index (χ4n) is 1.65. The van der Waals surface area contributed by atoms with Gasteiger partial charge in [-0.25, -0.2) is 4.79 Å². The molecule has 1 rings (SSSR count). The van der Waals surface area contributed by atoms with Crippen molar-refractivity contribution in [1.82, 2.24) is 0 Å². The van der Waals surface area contributed by atoms with Crippen molar-refractivity contribution in [2.75, 3.05) is 6.54 Å². The second-order valence-electron chi connectivity index (χ2n) is 3.59. The van der Waals surface area contributed by atoms with Crippen LogP contribution < -0.4 is 5.73 Å². The number of benzene rings is 1. The topological polar surface area (TPSA) is 63.3 Å². The van der Waals surface area contributed by atoms with E-state index in [9.17, 15) is 4.79 Å². The average Bonchev–Trinajstić information content (AvgIpc) is 2.27. The zero-order chi connectivity index (χ0) is 12.0. The van der Waals surface area contributed by atoms with E-state index in [0.717, 1.165) is 24.5 Å². The predicted octanol–water partition coefficient (Wildman–Crippen LogP) is 1.85. The van der Waals surface area contributed by atoms with Gasteiger partial charge >= 0.3 is 5.97 Å². The molecule has 0 atom stereocenters. The summed E-state index contributed by atoms with van der Waals surface area (Å²) in [7, 11) is 0. The quantitative estimate of drug-likeness (QED) is 0.743. The molecule has 0 aromatic heterocycles. The molecule has 86 valence electrons. The highest BCUT2D eigenvalue weighted by atomic mass is 16.4. The summed E-state index contributed by atoms with van der Waals surface area (Å²) in [6.45, 7) is 2.71. The van der Waals surface area contributed by atoms with Gasteiger partial charge in [-0.3, -0.25) is 0 Å². The normalized spacial score (nSPS) is 10.9. The number of aliphatic carboxylic acids is 1. The monoisotopic (exact) mass is 219 g/mol. The van der Waals surface area contributed by atoms with Crippen LogP contribution in [0.3, 0.4) is 0 Å². The number of rotatable bonds is 5. The van der Waals surface area contributed by atoms with Crippen molar-refractivity contribution in [3.63, 3.8) is 0 Å². The number of hydrogen-bond donors (Lipinski definition) is 2. The number of carboxylic acids is 1. The van der Waals surface area contributed by atoms with Crippen LogP contribution in [0.2, 0.25) is 0 Å². The lowest BCUT2D eigenvalue weighted by molar-refractivity contribution is -0.131. The summed E-state index contributed by atoms with van der Waals surface area (Å²) in [6, 6.07) is 5.97. The molecule has 3 heteroatoms. The Hall–Kier alpha value is -1.61. The molecular weight excluding hydrogens is 202 g/mol. The van der Waals surface area contributed by atoms with E-state index in [1.807, 2.05) is 18.2 Å². The predicted molar refractivity (Wildman–Crippen MR) is 65.2 cm³/mol. The smallest absolute Gasteiger partial charge is 0.328 e. The fraction of sp³-hybridized carbons (Fsp3) is 0.308. The van der Waals surface area contributed by atoms with Crippen molar-refractivity contribution < 1.29 is 9.90 Å². The standard InChI is InChI=1S/C13H17NO2/c1-2-11-5-3-10(4-6-13(15)16)9-12(11)7-8-14/h3-6,9H,2,7-8,14H2,1H3,(H,15,16). The summed E-state index contributed by atoms with van der Waals surface area (Å²) in [4.78, 5) is 10.4. The van der Waals surface area contributed by atoms with E-state index >= 15 is 0 Å². The molecule has 3 nitrogen and oxygen atoms in total. The average molecular weight is 219 g/mol. The first-order valence-electron chi connectivity index (χ1n) is 5.40. The molecule has 3 N–H and O–H groups in total. The Morgan fingerprint density at radius 3 is 2.75 bits per heavy atom. The highest BCUT2D eigenvalue weighted by Gasteiger charge is 2.00. The van der Waals surface area contributed by atoms with Crippen LogP contribution in [0.15, 0.2) is 24.3 Å². The Labute approximate surface area is 95.6 Å². The van der Waals surface area contributed by atoms with Crippen LogP contribution in [0.4, 0.5) is 0 Å². The molecule has 0 fully saturated rings. The lowest BCUT2D eigenvalue weighted by atomic mass is 9.99. The zero-order valence-corrected chi connectivity index (χ0v) is 9.44. The zero-order valence-electron chi connectivity index (χ0n) is 9.44. The SMILES string of the molecule is CCc1ccc(C=CC(=O)O)cc1CCN. The second-order valence-corrected chi connectivity index (χ2v) is 3.59. The van der Waals surface area contributed by atoms with Crippen LogP contribution in [-0.2, 0) is 17.6 Å². The maximum atomic E-state index is 10.4. The van der Waals surface area contributed by atoms with Crippen molar-refractivity contribution in [2.45, 2.75) is 19.8 Å². The van der Waals surface area contributed by atoms with E-state index in [4.69, 9.17) is 10.8 Å². The maximum absolute atomic E-state index is 10.4. The lowest BCUT2D eigenvalue weighted by Gasteiger charge is -2.07. The van der Waals surface area contributed by atoms with Gasteiger partial charge in [-0.15, -0.1) is 0 Å². The van der Waals surface area contributed by atoms with E-state index in [1.54, 1.807) is 6.08 Å². The van der Waals surface area contributed by atoms with Crippen molar-refractivity contribution in [3.05, 3.63) is 41.0 Å². The summed E-state index contributed by atoms with van der Waals surface area (Å²) in [6.07, 6.45) is 4.55. The first kappa shape index (κ1) is 12.5. The van der Waals surface area contributed by atoms with Gasteiger partial charge in [0.1, 0.15) is 0 Å². The molecule has 1 aromatic carbocycles. The van der Waals surface area contributed by atoms with E-state index in [0.29, 0.717) is 6.54 Å². The Kier molecular flexibility index (Phi) is 4.73. The molecule has 0 saturated carbocycles. The minimum absolute atomic E-state index is 0.610. The van der Waals surface area contributed by atoms with Crippen LogP contribution in [0.5, 0.6) is 0 Å². The molecule has 0 aliphatic heterocycles. The second kappa shape index (κ2) is 6.08. The Balaban J connectivity index is 2.96. The van der Waals surface area contributed by atoms with Gasteiger partial charge in [0.05, 0.1) is 0 Å². The van der Waals surface area contributed by atoms with E-state index < -0.39 is 5.97 Å². The van der Waals surface area contributed by atoms with E-state index in [2.05, 4.69) is 6.92 Å². The van der Waals surface area contributed by atoms with Crippen LogP contribution in [0.25, 0.3) is 6.08 Å². The highest BCUT2D eigenvalue weighted by Crippen LogP contribution is 2.14. The Morgan fingerprint density at radius 1 is 1.44 bits per heavy atom. The molecule has 0 aliphatic rings. The Morgan fingerprint density at radius 2 is 2.19 bits per heavy atom. The van der Waals surface area contributed by atoms with Crippen LogP contribution in [-0.4, -0.2) is 17.6 Å². The maximum Gasteiger partial charge on any atom is 0.328 e.